The molecule has 0 aliphatic heterocycles. The Morgan fingerprint density at radius 1 is 1.04 bits per heavy atom. The fourth-order valence-corrected chi connectivity index (χ4v) is 2.63. The zero-order chi connectivity index (χ0) is 20.1. The summed E-state index contributed by atoms with van der Waals surface area (Å²) in [5.41, 5.74) is 2.19. The van der Waals surface area contributed by atoms with Gasteiger partial charge >= 0.3 is 0 Å². The lowest BCUT2D eigenvalue weighted by Crippen LogP contribution is -2.29. The molecule has 0 unspecified atom stereocenters. The van der Waals surface area contributed by atoms with E-state index in [1.165, 1.54) is 17.9 Å². The van der Waals surface area contributed by atoms with E-state index < -0.39 is 5.91 Å². The number of nitrogens with zero attached hydrogens (tertiary/aromatic N) is 2. The molecule has 1 aromatic heterocycles. The van der Waals surface area contributed by atoms with Crippen LogP contribution in [-0.4, -0.2) is 29.9 Å². The van der Waals surface area contributed by atoms with Gasteiger partial charge in [0.25, 0.3) is 11.5 Å². The van der Waals surface area contributed by atoms with Crippen LogP contribution in [-0.2, 0) is 6.54 Å². The molecule has 7 nitrogen and oxygen atoms in total. The monoisotopic (exact) mass is 379 g/mol. The number of hydrogen-bond acceptors (Lipinski definition) is 5. The Bertz CT molecular complexity index is 1030. The van der Waals surface area contributed by atoms with Gasteiger partial charge in [0, 0.05) is 6.54 Å². The van der Waals surface area contributed by atoms with E-state index in [2.05, 4.69) is 10.4 Å². The van der Waals surface area contributed by atoms with Crippen molar-refractivity contribution in [3.8, 4) is 17.2 Å². The molecule has 1 amide bonds. The average Bonchev–Trinajstić information content (AvgIpc) is 2.72. The number of nitrogens with one attached hydrogen (secondary N) is 1. The predicted octanol–water partition coefficient (Wildman–Crippen LogP) is 2.49. The first-order chi connectivity index (χ1) is 13.5. The molecule has 0 saturated heterocycles. The number of ether oxygens (including phenoxy) is 2. The van der Waals surface area contributed by atoms with E-state index >= 15 is 0 Å². The van der Waals surface area contributed by atoms with Crippen molar-refractivity contribution in [1.29, 1.82) is 0 Å². The normalized spacial score (nSPS) is 10.4. The summed E-state index contributed by atoms with van der Waals surface area (Å²) in [7, 11) is 2.99. The van der Waals surface area contributed by atoms with Crippen LogP contribution in [0.5, 0.6) is 11.5 Å². The highest BCUT2D eigenvalue weighted by Gasteiger charge is 2.18. The van der Waals surface area contributed by atoms with E-state index in [4.69, 9.17) is 9.47 Å². The molecule has 0 saturated carbocycles. The smallest absolute Gasteiger partial charge is 0.275 e. The van der Waals surface area contributed by atoms with Gasteiger partial charge < -0.3 is 14.8 Å². The van der Waals surface area contributed by atoms with Crippen LogP contribution < -0.4 is 20.3 Å². The molecule has 0 aliphatic rings. The van der Waals surface area contributed by atoms with Crippen molar-refractivity contribution < 1.29 is 14.3 Å². The second kappa shape index (κ2) is 8.39. The van der Waals surface area contributed by atoms with E-state index in [9.17, 15) is 9.59 Å². The lowest BCUT2D eigenvalue weighted by Gasteiger charge is -2.12. The molecule has 0 radical (unpaired) electrons. The summed E-state index contributed by atoms with van der Waals surface area (Å²) in [6, 6.07) is 15.9. The third-order valence-corrected chi connectivity index (χ3v) is 4.22. The molecular weight excluding hydrogens is 358 g/mol. The summed E-state index contributed by atoms with van der Waals surface area (Å²) in [5.74, 6) is 0.428. The maximum absolute atomic E-state index is 12.7. The third kappa shape index (κ3) is 4.20. The zero-order valence-electron chi connectivity index (χ0n) is 15.9. The van der Waals surface area contributed by atoms with Crippen LogP contribution in [0.15, 0.2) is 59.4 Å². The summed E-state index contributed by atoms with van der Waals surface area (Å²) in [4.78, 5) is 25.1. The van der Waals surface area contributed by atoms with Crippen molar-refractivity contribution >= 4 is 5.91 Å². The van der Waals surface area contributed by atoms with Crippen LogP contribution in [0.25, 0.3) is 5.69 Å². The van der Waals surface area contributed by atoms with Gasteiger partial charge in [-0.15, -0.1) is 0 Å². The second-order valence-electron chi connectivity index (χ2n) is 6.18. The first-order valence-corrected chi connectivity index (χ1v) is 8.68. The van der Waals surface area contributed by atoms with E-state index in [1.807, 2.05) is 43.3 Å². The molecule has 0 fully saturated rings. The molecular formula is C21H21N3O4. The van der Waals surface area contributed by atoms with Crippen LogP contribution >= 0.6 is 0 Å². The minimum Gasteiger partial charge on any atom is -0.497 e. The zero-order valence-corrected chi connectivity index (χ0v) is 15.9. The Hall–Kier alpha value is -3.61. The Balaban J connectivity index is 1.86. The van der Waals surface area contributed by atoms with E-state index in [0.717, 1.165) is 16.9 Å². The first-order valence-electron chi connectivity index (χ1n) is 8.68. The Morgan fingerprint density at radius 3 is 2.32 bits per heavy atom. The molecule has 28 heavy (non-hydrogen) atoms. The summed E-state index contributed by atoms with van der Waals surface area (Å²) < 4.78 is 11.5. The standard InChI is InChI=1S/C21H21N3O4/c1-14-4-8-16(9-5-14)24-19(25)12-18(28-3)20(23-24)21(26)22-13-15-6-10-17(27-2)11-7-15/h4-12H,13H2,1-3H3,(H,22,26). The SMILES string of the molecule is COc1ccc(CNC(=O)c2nn(-c3ccc(C)cc3)c(=O)cc2OC)cc1. The van der Waals surface area contributed by atoms with E-state index in [-0.39, 0.29) is 17.0 Å². The van der Waals surface area contributed by atoms with Gasteiger partial charge in [0.2, 0.25) is 0 Å². The molecule has 7 heteroatoms. The number of hydrogen-bond donors (Lipinski definition) is 1. The molecule has 3 rings (SSSR count). The molecule has 0 atom stereocenters. The van der Waals surface area contributed by atoms with Gasteiger partial charge in [0.15, 0.2) is 11.4 Å². The van der Waals surface area contributed by atoms with Gasteiger partial charge in [0.05, 0.1) is 26.0 Å². The number of rotatable bonds is 6. The maximum Gasteiger partial charge on any atom is 0.275 e. The highest BCUT2D eigenvalue weighted by molar-refractivity contribution is 5.94. The van der Waals surface area contributed by atoms with Crippen LogP contribution in [0.4, 0.5) is 0 Å². The number of carbonyl (C=O) groups excluding carboxylic acids is 1. The Kier molecular flexibility index (Phi) is 5.74. The van der Waals surface area contributed by atoms with Crippen LogP contribution in [0.2, 0.25) is 0 Å². The second-order valence-corrected chi connectivity index (χ2v) is 6.18. The third-order valence-electron chi connectivity index (χ3n) is 4.22. The molecule has 1 N–H and O–H groups in total. The first kappa shape index (κ1) is 19.2. The van der Waals surface area contributed by atoms with Gasteiger partial charge in [-0.05, 0) is 36.8 Å². The van der Waals surface area contributed by atoms with Crippen molar-refractivity contribution in [1.82, 2.24) is 15.1 Å². The Labute approximate surface area is 162 Å². The summed E-state index contributed by atoms with van der Waals surface area (Å²) in [6.45, 7) is 2.25. The molecule has 1 heterocycles. The molecule has 0 spiro atoms. The van der Waals surface area contributed by atoms with E-state index in [1.54, 1.807) is 19.2 Å². The van der Waals surface area contributed by atoms with Gasteiger partial charge in [-0.3, -0.25) is 9.59 Å². The predicted molar refractivity (Wildman–Crippen MR) is 105 cm³/mol. The van der Waals surface area contributed by atoms with Crippen LogP contribution in [0.3, 0.4) is 0 Å². The Morgan fingerprint density at radius 2 is 1.71 bits per heavy atom. The van der Waals surface area contributed by atoms with Crippen molar-refractivity contribution in [2.45, 2.75) is 13.5 Å². The minimum absolute atomic E-state index is 0.0381. The van der Waals surface area contributed by atoms with Crippen LogP contribution in [0, 0.1) is 6.92 Å². The van der Waals surface area contributed by atoms with Crippen LogP contribution in [0.1, 0.15) is 21.6 Å². The number of aromatic nitrogens is 2. The number of amides is 1. The fraction of sp³-hybridized carbons (Fsp3) is 0.190. The summed E-state index contributed by atoms with van der Waals surface area (Å²) in [5, 5.41) is 7.03. The minimum atomic E-state index is -0.437. The number of methoxy groups -OCH3 is 2. The van der Waals surface area contributed by atoms with Crippen molar-refractivity contribution in [3.05, 3.63) is 81.8 Å². The van der Waals surface area contributed by atoms with Crippen molar-refractivity contribution in [3.63, 3.8) is 0 Å². The number of aryl methyl sites for hydroxylation is 1. The largest absolute Gasteiger partial charge is 0.497 e. The molecule has 144 valence electrons. The highest BCUT2D eigenvalue weighted by atomic mass is 16.5. The summed E-state index contributed by atoms with van der Waals surface area (Å²) >= 11 is 0. The highest BCUT2D eigenvalue weighted by Crippen LogP contribution is 2.15. The van der Waals surface area contributed by atoms with Gasteiger partial charge in [-0.2, -0.15) is 9.78 Å². The quantitative estimate of drug-likeness (QED) is 0.712. The van der Waals surface area contributed by atoms with Gasteiger partial charge in [-0.25, -0.2) is 0 Å². The molecule has 3 aromatic rings. The van der Waals surface area contributed by atoms with E-state index in [0.29, 0.717) is 12.2 Å². The van der Waals surface area contributed by atoms with Crippen molar-refractivity contribution in [2.24, 2.45) is 0 Å². The topological polar surface area (TPSA) is 82.5 Å². The van der Waals surface area contributed by atoms with Crippen molar-refractivity contribution in [2.75, 3.05) is 14.2 Å². The molecule has 0 aliphatic carbocycles. The molecule has 2 aromatic carbocycles. The lowest BCUT2D eigenvalue weighted by atomic mass is 10.2. The number of benzene rings is 2. The van der Waals surface area contributed by atoms with Gasteiger partial charge in [-0.1, -0.05) is 29.8 Å². The lowest BCUT2D eigenvalue weighted by molar-refractivity contribution is 0.0940. The molecule has 0 bridgehead atoms. The number of carbonyl (C=O) groups is 1. The fourth-order valence-electron chi connectivity index (χ4n) is 2.63. The maximum atomic E-state index is 12.7. The average molecular weight is 379 g/mol. The van der Waals surface area contributed by atoms with Gasteiger partial charge in [0.1, 0.15) is 5.75 Å². The summed E-state index contributed by atoms with van der Waals surface area (Å²) in [6.07, 6.45) is 0.